The van der Waals surface area contributed by atoms with Gasteiger partial charge in [0.2, 0.25) is 5.13 Å². The van der Waals surface area contributed by atoms with Gasteiger partial charge < -0.3 is 9.84 Å². The number of nitrogens with zero attached hydrogens (tertiary/aromatic N) is 3. The third kappa shape index (κ3) is 4.90. The van der Waals surface area contributed by atoms with Crippen molar-refractivity contribution in [2.45, 2.75) is 39.1 Å². The van der Waals surface area contributed by atoms with Crippen molar-refractivity contribution in [1.29, 1.82) is 0 Å². The van der Waals surface area contributed by atoms with Gasteiger partial charge in [-0.15, -0.1) is 23.4 Å². The number of aliphatic hydroxyl groups is 1. The number of aromatic nitrogens is 2. The van der Waals surface area contributed by atoms with Crippen molar-refractivity contribution in [3.8, 4) is 5.75 Å². The fourth-order valence-electron chi connectivity index (χ4n) is 3.76. The largest absolute Gasteiger partial charge is 0.573 e. The van der Waals surface area contributed by atoms with Gasteiger partial charge in [-0.1, -0.05) is 61.6 Å². The molecule has 0 radical (unpaired) electrons. The number of aryl methyl sites for hydroxylation is 1. The molecule has 3 aromatic rings. The Morgan fingerprint density at radius 2 is 1.69 bits per heavy atom. The van der Waals surface area contributed by atoms with E-state index in [4.69, 9.17) is 0 Å². The number of hydrogen-bond donors (Lipinski definition) is 1. The highest BCUT2D eigenvalue weighted by molar-refractivity contribution is 7.15. The normalized spacial score (nSPS) is 17.9. The molecule has 1 saturated heterocycles. The number of hydrogen-bond acceptors (Lipinski definition) is 7. The number of amides is 1. The predicted octanol–water partition coefficient (Wildman–Crippen LogP) is 5.49. The first kappa shape index (κ1) is 24.4. The average molecular weight is 504 g/mol. The fraction of sp³-hybridized carbons (Fsp3) is 0.250. The Labute approximate surface area is 202 Å². The molecule has 0 aliphatic carbocycles. The van der Waals surface area contributed by atoms with Crippen LogP contribution in [0.4, 0.5) is 18.3 Å². The summed E-state index contributed by atoms with van der Waals surface area (Å²) in [6, 6.07) is 10.5. The second-order valence-electron chi connectivity index (χ2n) is 8.17. The summed E-state index contributed by atoms with van der Waals surface area (Å²) in [5, 5.41) is 19.6. The van der Waals surface area contributed by atoms with Gasteiger partial charge in [0, 0.05) is 5.56 Å². The van der Waals surface area contributed by atoms with Crippen LogP contribution in [-0.4, -0.2) is 33.4 Å². The zero-order valence-corrected chi connectivity index (χ0v) is 19.6. The summed E-state index contributed by atoms with van der Waals surface area (Å²) < 4.78 is 41.7. The molecule has 1 atom stereocenters. The third-order valence-corrected chi connectivity index (χ3v) is 6.28. The Hall–Kier alpha value is -3.73. The molecule has 0 bridgehead atoms. The van der Waals surface area contributed by atoms with E-state index < -0.39 is 35.6 Å². The van der Waals surface area contributed by atoms with Crippen molar-refractivity contribution in [3.05, 3.63) is 75.8 Å². The molecule has 35 heavy (non-hydrogen) atoms. The van der Waals surface area contributed by atoms with E-state index in [0.29, 0.717) is 10.6 Å². The van der Waals surface area contributed by atoms with Crippen LogP contribution in [0, 0.1) is 6.92 Å². The summed E-state index contributed by atoms with van der Waals surface area (Å²) in [6.07, 6.45) is -4.87. The Bertz CT molecular complexity index is 1300. The van der Waals surface area contributed by atoms with E-state index in [1.807, 2.05) is 26.0 Å². The van der Waals surface area contributed by atoms with Crippen molar-refractivity contribution in [2.24, 2.45) is 0 Å². The van der Waals surface area contributed by atoms with Gasteiger partial charge in [-0.2, -0.15) is 0 Å². The maximum Gasteiger partial charge on any atom is 0.573 e. The number of carbonyl (C=O) groups excluding carboxylic acids is 2. The summed E-state index contributed by atoms with van der Waals surface area (Å²) in [6.45, 7) is 5.69. The zero-order valence-electron chi connectivity index (χ0n) is 18.8. The van der Waals surface area contributed by atoms with Crippen molar-refractivity contribution >= 4 is 33.9 Å². The molecule has 7 nitrogen and oxygen atoms in total. The Kier molecular flexibility index (Phi) is 6.37. The number of ether oxygens (including phenoxy) is 1. The number of anilines is 1. The highest BCUT2D eigenvalue weighted by atomic mass is 32.1. The Morgan fingerprint density at radius 1 is 1.06 bits per heavy atom. The standard InChI is InChI=1S/C24H20F3N3O4S/c1-12(2)14-4-6-16(7-5-14)20(31)18-19(15-8-10-17(11-9-15)34-24(25,26)27)30(22(33)21(18)32)23-29-28-13(3)35-23/h4-12,19,31H,1-3H3/b20-18+. The lowest BCUT2D eigenvalue weighted by molar-refractivity contribution is -0.274. The molecule has 0 saturated carbocycles. The van der Waals surface area contributed by atoms with Crippen LogP contribution < -0.4 is 9.64 Å². The lowest BCUT2D eigenvalue weighted by Crippen LogP contribution is -2.29. The molecule has 4 rings (SSSR count). The maximum absolute atomic E-state index is 13.1. The van der Waals surface area contributed by atoms with Gasteiger partial charge in [-0.25, -0.2) is 0 Å². The van der Waals surface area contributed by atoms with Crippen molar-refractivity contribution < 1.29 is 32.6 Å². The lowest BCUT2D eigenvalue weighted by Gasteiger charge is -2.23. The molecule has 1 amide bonds. The van der Waals surface area contributed by atoms with E-state index in [1.165, 1.54) is 12.1 Å². The minimum atomic E-state index is -4.87. The number of halogens is 3. The van der Waals surface area contributed by atoms with Crippen molar-refractivity contribution in [3.63, 3.8) is 0 Å². The average Bonchev–Trinajstić information content (AvgIpc) is 3.33. The van der Waals surface area contributed by atoms with Crippen LogP contribution in [0.1, 0.15) is 47.5 Å². The second kappa shape index (κ2) is 9.14. The SMILES string of the molecule is Cc1nnc(N2C(=O)C(=O)/C(=C(/O)c3ccc(C(C)C)cc3)C2c2ccc(OC(F)(F)F)cc2)s1. The molecule has 0 spiro atoms. The molecule has 1 N–H and O–H groups in total. The van der Waals surface area contributed by atoms with Crippen LogP contribution in [0.15, 0.2) is 54.1 Å². The summed E-state index contributed by atoms with van der Waals surface area (Å²) in [5.74, 6) is -2.49. The smallest absolute Gasteiger partial charge is 0.507 e. The first-order valence-corrected chi connectivity index (χ1v) is 11.3. The summed E-state index contributed by atoms with van der Waals surface area (Å²) in [7, 11) is 0. The van der Waals surface area contributed by atoms with Crippen LogP contribution in [0.2, 0.25) is 0 Å². The van der Waals surface area contributed by atoms with Gasteiger partial charge in [-0.05, 0) is 36.1 Å². The molecule has 1 unspecified atom stereocenters. The third-order valence-electron chi connectivity index (χ3n) is 5.45. The van der Waals surface area contributed by atoms with Crippen LogP contribution >= 0.6 is 11.3 Å². The van der Waals surface area contributed by atoms with E-state index in [0.717, 1.165) is 33.9 Å². The molecule has 182 valence electrons. The van der Waals surface area contributed by atoms with Crippen molar-refractivity contribution in [1.82, 2.24) is 10.2 Å². The van der Waals surface area contributed by atoms with Gasteiger partial charge in [0.25, 0.3) is 5.78 Å². The quantitative estimate of drug-likeness (QED) is 0.281. The van der Waals surface area contributed by atoms with E-state index in [-0.39, 0.29) is 22.2 Å². The number of benzene rings is 2. The van der Waals surface area contributed by atoms with Gasteiger partial charge in [0.05, 0.1) is 11.6 Å². The highest BCUT2D eigenvalue weighted by Gasteiger charge is 2.48. The number of Topliss-reactive ketones (excluding diaryl/α,β-unsaturated/α-hetero) is 1. The minimum Gasteiger partial charge on any atom is -0.507 e. The molecule has 2 aromatic carbocycles. The van der Waals surface area contributed by atoms with Gasteiger partial charge in [0.15, 0.2) is 0 Å². The fourth-order valence-corrected chi connectivity index (χ4v) is 4.48. The Balaban J connectivity index is 1.84. The molecular formula is C24H20F3N3O4S. The monoisotopic (exact) mass is 503 g/mol. The summed E-state index contributed by atoms with van der Waals surface area (Å²) in [4.78, 5) is 27.2. The van der Waals surface area contributed by atoms with Crippen LogP contribution in [-0.2, 0) is 9.59 Å². The number of ketones is 1. The first-order chi connectivity index (χ1) is 16.5. The molecule has 11 heteroatoms. The highest BCUT2D eigenvalue weighted by Crippen LogP contribution is 2.43. The molecular weight excluding hydrogens is 483 g/mol. The van der Waals surface area contributed by atoms with Crippen LogP contribution in [0.25, 0.3) is 5.76 Å². The number of rotatable bonds is 5. The van der Waals surface area contributed by atoms with Crippen LogP contribution in [0.3, 0.4) is 0 Å². The van der Waals surface area contributed by atoms with Gasteiger partial charge in [0.1, 0.15) is 16.5 Å². The van der Waals surface area contributed by atoms with Crippen molar-refractivity contribution in [2.75, 3.05) is 4.90 Å². The first-order valence-electron chi connectivity index (χ1n) is 10.5. The van der Waals surface area contributed by atoms with Gasteiger partial charge >= 0.3 is 12.3 Å². The summed E-state index contributed by atoms with van der Waals surface area (Å²) >= 11 is 1.07. The number of alkyl halides is 3. The number of carbonyl (C=O) groups is 2. The van der Waals surface area contributed by atoms with E-state index in [2.05, 4.69) is 14.9 Å². The zero-order chi connectivity index (χ0) is 25.5. The topological polar surface area (TPSA) is 92.6 Å². The van der Waals surface area contributed by atoms with E-state index in [9.17, 15) is 27.9 Å². The molecule has 1 aliphatic heterocycles. The van der Waals surface area contributed by atoms with Gasteiger partial charge in [-0.3, -0.25) is 14.5 Å². The maximum atomic E-state index is 13.1. The lowest BCUT2D eigenvalue weighted by atomic mass is 9.94. The van der Waals surface area contributed by atoms with E-state index >= 15 is 0 Å². The molecule has 1 aromatic heterocycles. The number of aliphatic hydroxyl groups excluding tert-OH is 1. The van der Waals surface area contributed by atoms with Crippen LogP contribution in [0.5, 0.6) is 5.75 Å². The molecule has 2 heterocycles. The van der Waals surface area contributed by atoms with E-state index in [1.54, 1.807) is 19.1 Å². The second-order valence-corrected chi connectivity index (χ2v) is 9.33. The minimum absolute atomic E-state index is 0.124. The summed E-state index contributed by atoms with van der Waals surface area (Å²) in [5.41, 5.74) is 1.42. The molecule has 1 aliphatic rings. The molecule has 1 fully saturated rings. The Morgan fingerprint density at radius 3 is 2.20 bits per heavy atom. The predicted molar refractivity (Wildman–Crippen MR) is 123 cm³/mol.